The average molecular weight is 334 g/mol. The van der Waals surface area contributed by atoms with Crippen LogP contribution in [0.2, 0.25) is 0 Å². The quantitative estimate of drug-likeness (QED) is 0.717. The maximum atomic E-state index is 13.9. The molecule has 0 bridgehead atoms. The van der Waals surface area contributed by atoms with Gasteiger partial charge in [-0.2, -0.15) is 0 Å². The lowest BCUT2D eigenvalue weighted by molar-refractivity contribution is 0.195. The Morgan fingerprint density at radius 3 is 2.63 bits per heavy atom. The van der Waals surface area contributed by atoms with Gasteiger partial charge in [-0.25, -0.2) is 4.39 Å². The van der Waals surface area contributed by atoms with Crippen molar-refractivity contribution in [2.45, 2.75) is 31.7 Å². The molecular weight excluding hydrogens is 313 g/mol. The molecule has 0 fully saturated rings. The van der Waals surface area contributed by atoms with Gasteiger partial charge < -0.3 is 15.5 Å². The molecule has 19 heavy (non-hydrogen) atoms. The van der Waals surface area contributed by atoms with Crippen molar-refractivity contribution in [3.05, 3.63) is 34.1 Å². The van der Waals surface area contributed by atoms with Crippen LogP contribution in [-0.2, 0) is 5.41 Å². The molecular formula is C14H21BrFNO2. The van der Waals surface area contributed by atoms with E-state index in [-0.39, 0.29) is 25.1 Å². The molecule has 0 amide bonds. The highest BCUT2D eigenvalue weighted by Crippen LogP contribution is 2.28. The number of hydrogen-bond acceptors (Lipinski definition) is 3. The Hall–Kier alpha value is -0.490. The van der Waals surface area contributed by atoms with Gasteiger partial charge in [0, 0.05) is 29.1 Å². The summed E-state index contributed by atoms with van der Waals surface area (Å²) in [5.41, 5.74) is 0.214. The lowest BCUT2D eigenvalue weighted by atomic mass is 9.84. The summed E-state index contributed by atoms with van der Waals surface area (Å²) in [4.78, 5) is 0. The van der Waals surface area contributed by atoms with Gasteiger partial charge in [-0.15, -0.1) is 0 Å². The molecule has 0 saturated carbocycles. The van der Waals surface area contributed by atoms with Gasteiger partial charge in [0.05, 0.1) is 6.61 Å². The summed E-state index contributed by atoms with van der Waals surface area (Å²) in [6.07, 6.45) is 0.480. The van der Waals surface area contributed by atoms with Gasteiger partial charge in [0.1, 0.15) is 5.82 Å². The minimum Gasteiger partial charge on any atom is -0.396 e. The van der Waals surface area contributed by atoms with Crippen molar-refractivity contribution < 1.29 is 14.6 Å². The second-order valence-corrected chi connectivity index (χ2v) is 6.20. The van der Waals surface area contributed by atoms with E-state index in [4.69, 9.17) is 10.2 Å². The highest BCUT2D eigenvalue weighted by atomic mass is 79.9. The molecule has 0 radical (unpaired) electrons. The van der Waals surface area contributed by atoms with Crippen molar-refractivity contribution in [2.75, 3.05) is 19.8 Å². The zero-order valence-electron chi connectivity index (χ0n) is 11.3. The van der Waals surface area contributed by atoms with Gasteiger partial charge in [0.25, 0.3) is 0 Å². The second kappa shape index (κ2) is 7.33. The predicted octanol–water partition coefficient (Wildman–Crippen LogP) is 2.20. The number of nitrogens with one attached hydrogen (secondary N) is 1. The first-order chi connectivity index (χ1) is 8.90. The molecule has 0 aliphatic rings. The Labute approximate surface area is 122 Å². The van der Waals surface area contributed by atoms with Crippen molar-refractivity contribution in [1.82, 2.24) is 5.32 Å². The van der Waals surface area contributed by atoms with Crippen molar-refractivity contribution in [1.29, 1.82) is 0 Å². The van der Waals surface area contributed by atoms with E-state index in [1.807, 2.05) is 13.8 Å². The monoisotopic (exact) mass is 333 g/mol. The van der Waals surface area contributed by atoms with Gasteiger partial charge in [-0.3, -0.25) is 0 Å². The third kappa shape index (κ3) is 4.84. The second-order valence-electron chi connectivity index (χ2n) is 5.28. The van der Waals surface area contributed by atoms with E-state index in [0.717, 1.165) is 4.47 Å². The van der Waals surface area contributed by atoms with Crippen LogP contribution in [0.3, 0.4) is 0 Å². The van der Waals surface area contributed by atoms with Crippen LogP contribution in [0.1, 0.15) is 25.8 Å². The number of rotatable bonds is 7. The highest BCUT2D eigenvalue weighted by molar-refractivity contribution is 9.10. The smallest absolute Gasteiger partial charge is 0.127 e. The molecule has 1 aromatic carbocycles. The van der Waals surface area contributed by atoms with Crippen LogP contribution in [0.15, 0.2) is 22.7 Å². The molecule has 108 valence electrons. The van der Waals surface area contributed by atoms with E-state index < -0.39 is 5.41 Å². The van der Waals surface area contributed by atoms with E-state index in [1.165, 1.54) is 6.07 Å². The van der Waals surface area contributed by atoms with E-state index in [1.54, 1.807) is 12.1 Å². The van der Waals surface area contributed by atoms with Crippen LogP contribution in [-0.4, -0.2) is 36.0 Å². The van der Waals surface area contributed by atoms with Crippen LogP contribution < -0.4 is 5.32 Å². The average Bonchev–Trinajstić information content (AvgIpc) is 2.37. The van der Waals surface area contributed by atoms with E-state index >= 15 is 0 Å². The maximum absolute atomic E-state index is 13.9. The first-order valence-corrected chi connectivity index (χ1v) is 7.10. The fourth-order valence-corrected chi connectivity index (χ4v) is 2.29. The Morgan fingerprint density at radius 2 is 2.05 bits per heavy atom. The normalized spacial score (nSPS) is 13.6. The van der Waals surface area contributed by atoms with Crippen LogP contribution >= 0.6 is 15.9 Å². The van der Waals surface area contributed by atoms with Gasteiger partial charge in [-0.1, -0.05) is 29.8 Å². The van der Waals surface area contributed by atoms with Gasteiger partial charge in [0.2, 0.25) is 0 Å². The molecule has 0 aromatic heterocycles. The summed E-state index contributed by atoms with van der Waals surface area (Å²) in [7, 11) is 0. The Bertz CT molecular complexity index is 412. The molecule has 0 aliphatic carbocycles. The van der Waals surface area contributed by atoms with Gasteiger partial charge >= 0.3 is 0 Å². The number of aliphatic hydroxyl groups is 2. The van der Waals surface area contributed by atoms with Gasteiger partial charge in [0.15, 0.2) is 0 Å². The molecule has 5 heteroatoms. The molecule has 1 rings (SSSR count). The van der Waals surface area contributed by atoms with Crippen molar-refractivity contribution in [3.63, 3.8) is 0 Å². The van der Waals surface area contributed by atoms with Crippen LogP contribution in [0, 0.1) is 5.82 Å². The largest absolute Gasteiger partial charge is 0.396 e. The summed E-state index contributed by atoms with van der Waals surface area (Å²) in [5, 5.41) is 21.2. The third-order valence-corrected chi connectivity index (χ3v) is 3.68. The number of halogens is 2. The Kier molecular flexibility index (Phi) is 6.39. The minimum atomic E-state index is -0.406. The Balaban J connectivity index is 2.77. The van der Waals surface area contributed by atoms with E-state index in [0.29, 0.717) is 18.5 Å². The number of hydrogen-bond donors (Lipinski definition) is 3. The van der Waals surface area contributed by atoms with Crippen molar-refractivity contribution >= 4 is 15.9 Å². The molecule has 3 N–H and O–H groups in total. The van der Waals surface area contributed by atoms with Crippen LogP contribution in [0.5, 0.6) is 0 Å². The van der Waals surface area contributed by atoms with Gasteiger partial charge in [-0.05, 0) is 30.2 Å². The maximum Gasteiger partial charge on any atom is 0.127 e. The number of benzene rings is 1. The highest BCUT2D eigenvalue weighted by Gasteiger charge is 2.25. The fourth-order valence-electron chi connectivity index (χ4n) is 1.92. The molecule has 0 aliphatic heterocycles. The number of aliphatic hydroxyl groups excluding tert-OH is 2. The molecule has 3 nitrogen and oxygen atoms in total. The molecule has 0 heterocycles. The summed E-state index contributed by atoms with van der Waals surface area (Å²) in [6.45, 7) is 4.38. The summed E-state index contributed by atoms with van der Waals surface area (Å²) in [5.74, 6) is -0.238. The zero-order valence-corrected chi connectivity index (χ0v) is 12.9. The fraction of sp³-hybridized carbons (Fsp3) is 0.571. The summed E-state index contributed by atoms with van der Waals surface area (Å²) < 4.78 is 14.7. The standard InChI is InChI=1S/C14H21BrFNO2/c1-14(2,9-17-11(8-19)5-6-18)12-7-10(15)3-4-13(12)16/h3-4,7,11,17-19H,5-6,8-9H2,1-2H3. The summed E-state index contributed by atoms with van der Waals surface area (Å²) in [6, 6.07) is 4.72. The lowest BCUT2D eigenvalue weighted by Crippen LogP contribution is -2.41. The molecule has 0 saturated heterocycles. The first-order valence-electron chi connectivity index (χ1n) is 6.31. The Morgan fingerprint density at radius 1 is 1.37 bits per heavy atom. The van der Waals surface area contributed by atoms with E-state index in [2.05, 4.69) is 21.2 Å². The molecule has 1 aromatic rings. The van der Waals surface area contributed by atoms with E-state index in [9.17, 15) is 4.39 Å². The van der Waals surface area contributed by atoms with Crippen LogP contribution in [0.25, 0.3) is 0 Å². The minimum absolute atomic E-state index is 0.0178. The topological polar surface area (TPSA) is 52.5 Å². The lowest BCUT2D eigenvalue weighted by Gasteiger charge is -2.29. The summed E-state index contributed by atoms with van der Waals surface area (Å²) >= 11 is 3.35. The predicted molar refractivity (Wildman–Crippen MR) is 77.7 cm³/mol. The van der Waals surface area contributed by atoms with Crippen molar-refractivity contribution in [3.8, 4) is 0 Å². The zero-order chi connectivity index (χ0) is 14.5. The molecule has 1 unspecified atom stereocenters. The molecule has 1 atom stereocenters. The SMILES string of the molecule is CC(C)(CNC(CO)CCO)c1cc(Br)ccc1F. The molecule has 0 spiro atoms. The first kappa shape index (κ1) is 16.6. The van der Waals surface area contributed by atoms with Crippen molar-refractivity contribution in [2.24, 2.45) is 0 Å². The third-order valence-electron chi connectivity index (χ3n) is 3.19. The van der Waals surface area contributed by atoms with Crippen LogP contribution in [0.4, 0.5) is 4.39 Å².